The van der Waals surface area contributed by atoms with Gasteiger partial charge in [-0.15, -0.1) is 0 Å². The maximum Gasteiger partial charge on any atom is 0.191 e. The van der Waals surface area contributed by atoms with E-state index in [4.69, 9.17) is 4.74 Å². The Labute approximate surface area is 179 Å². The number of hydrogen-bond donors (Lipinski definition) is 1. The molecule has 0 unspecified atom stereocenters. The highest BCUT2D eigenvalue weighted by atomic mass is 19.1. The lowest BCUT2D eigenvalue weighted by Gasteiger charge is -2.35. The zero-order valence-electron chi connectivity index (χ0n) is 17.3. The Morgan fingerprint density at radius 3 is 2.52 bits per heavy atom. The second-order valence-electron chi connectivity index (χ2n) is 7.55. The molecule has 0 radical (unpaired) electrons. The summed E-state index contributed by atoms with van der Waals surface area (Å²) in [5.74, 6) is 1.63. The fraction of sp³-hybridized carbons (Fsp3) is 0.261. The molecule has 1 saturated heterocycles. The van der Waals surface area contributed by atoms with Gasteiger partial charge in [-0.25, -0.2) is 19.3 Å². The first kappa shape index (κ1) is 19.4. The average molecular weight is 418 g/mol. The lowest BCUT2D eigenvalue weighted by molar-refractivity contribution is 0.243. The van der Waals surface area contributed by atoms with E-state index < -0.39 is 5.82 Å². The lowest BCUT2D eigenvalue weighted by Crippen LogP contribution is -2.46. The maximum absolute atomic E-state index is 15.3. The van der Waals surface area contributed by atoms with Crippen LogP contribution in [0.15, 0.2) is 54.9 Å². The van der Waals surface area contributed by atoms with Crippen LogP contribution in [0.25, 0.3) is 22.3 Å². The van der Waals surface area contributed by atoms with Crippen LogP contribution in [-0.2, 0) is 6.54 Å². The Kier molecular flexibility index (Phi) is 5.21. The first-order valence-electron chi connectivity index (χ1n) is 10.3. The van der Waals surface area contributed by atoms with Gasteiger partial charge >= 0.3 is 0 Å². The number of nitrogens with zero attached hydrogens (tertiary/aromatic N) is 5. The molecule has 1 aliphatic heterocycles. The van der Waals surface area contributed by atoms with Crippen molar-refractivity contribution in [2.75, 3.05) is 38.2 Å². The quantitative estimate of drug-likeness (QED) is 0.535. The summed E-state index contributed by atoms with van der Waals surface area (Å²) >= 11 is 0. The van der Waals surface area contributed by atoms with E-state index in [0.717, 1.165) is 42.2 Å². The number of piperazine rings is 1. The van der Waals surface area contributed by atoms with Crippen LogP contribution >= 0.6 is 0 Å². The fourth-order valence-corrected chi connectivity index (χ4v) is 3.94. The van der Waals surface area contributed by atoms with Crippen LogP contribution in [0.5, 0.6) is 5.75 Å². The second kappa shape index (κ2) is 8.31. The molecular formula is C23H23FN6O. The van der Waals surface area contributed by atoms with Crippen LogP contribution in [0.4, 0.5) is 10.2 Å². The molecule has 0 bridgehead atoms. The van der Waals surface area contributed by atoms with E-state index in [1.807, 2.05) is 29.2 Å². The number of aromatic amines is 1. The number of aromatic nitrogens is 4. The van der Waals surface area contributed by atoms with Crippen molar-refractivity contribution < 1.29 is 9.13 Å². The van der Waals surface area contributed by atoms with Crippen LogP contribution in [-0.4, -0.2) is 58.1 Å². The minimum atomic E-state index is -0.390. The topological polar surface area (TPSA) is 70.2 Å². The van der Waals surface area contributed by atoms with E-state index >= 15 is 4.39 Å². The molecule has 2 aromatic carbocycles. The van der Waals surface area contributed by atoms with E-state index in [-0.39, 0.29) is 0 Å². The maximum atomic E-state index is 15.3. The Balaban J connectivity index is 1.27. The van der Waals surface area contributed by atoms with Gasteiger partial charge in [-0.05, 0) is 36.4 Å². The van der Waals surface area contributed by atoms with Gasteiger partial charge in [0.1, 0.15) is 23.6 Å². The summed E-state index contributed by atoms with van der Waals surface area (Å²) in [6.07, 6.45) is 1.43. The number of methoxy groups -OCH3 is 1. The first-order valence-corrected chi connectivity index (χ1v) is 10.3. The van der Waals surface area contributed by atoms with Gasteiger partial charge in [-0.3, -0.25) is 4.90 Å². The van der Waals surface area contributed by atoms with Crippen molar-refractivity contribution in [1.82, 2.24) is 24.8 Å². The molecule has 0 saturated carbocycles. The van der Waals surface area contributed by atoms with E-state index in [0.29, 0.717) is 30.2 Å². The van der Waals surface area contributed by atoms with E-state index in [2.05, 4.69) is 24.8 Å². The molecule has 4 aromatic rings. The summed E-state index contributed by atoms with van der Waals surface area (Å²) in [7, 11) is 1.60. The average Bonchev–Trinajstić information content (AvgIpc) is 3.22. The molecule has 0 amide bonds. The number of imidazole rings is 1. The highest BCUT2D eigenvalue weighted by Gasteiger charge is 2.23. The number of benzene rings is 2. The number of H-pyrrole nitrogens is 1. The monoisotopic (exact) mass is 418 g/mol. The minimum absolute atomic E-state index is 0.303. The molecule has 2 aromatic heterocycles. The molecule has 0 atom stereocenters. The van der Waals surface area contributed by atoms with Crippen molar-refractivity contribution in [2.24, 2.45) is 0 Å². The molecule has 3 heterocycles. The van der Waals surface area contributed by atoms with Gasteiger partial charge < -0.3 is 14.6 Å². The van der Waals surface area contributed by atoms with Gasteiger partial charge in [0.05, 0.1) is 24.7 Å². The number of fused-ring (bicyclic) bond motifs is 1. The fourth-order valence-electron chi connectivity index (χ4n) is 3.94. The summed E-state index contributed by atoms with van der Waals surface area (Å²) in [6.45, 7) is 3.73. The summed E-state index contributed by atoms with van der Waals surface area (Å²) in [5.41, 5.74) is 3.03. The predicted molar refractivity (Wildman–Crippen MR) is 118 cm³/mol. The van der Waals surface area contributed by atoms with Crippen molar-refractivity contribution in [2.45, 2.75) is 6.54 Å². The number of para-hydroxylation sites is 2. The van der Waals surface area contributed by atoms with Crippen molar-refractivity contribution >= 4 is 16.9 Å². The lowest BCUT2D eigenvalue weighted by atomic mass is 10.1. The molecule has 5 rings (SSSR count). The van der Waals surface area contributed by atoms with Crippen LogP contribution in [0.1, 0.15) is 5.82 Å². The van der Waals surface area contributed by atoms with Crippen molar-refractivity contribution in [3.63, 3.8) is 0 Å². The Morgan fingerprint density at radius 1 is 1.00 bits per heavy atom. The van der Waals surface area contributed by atoms with Gasteiger partial charge in [0.2, 0.25) is 0 Å². The van der Waals surface area contributed by atoms with E-state index in [1.165, 1.54) is 6.33 Å². The molecule has 7 nitrogen and oxygen atoms in total. The minimum Gasteiger partial charge on any atom is -0.497 e. The highest BCUT2D eigenvalue weighted by Crippen LogP contribution is 2.28. The number of ether oxygens (including phenoxy) is 1. The molecule has 158 valence electrons. The Morgan fingerprint density at radius 2 is 1.77 bits per heavy atom. The van der Waals surface area contributed by atoms with E-state index in [9.17, 15) is 0 Å². The number of rotatable bonds is 5. The number of halogens is 1. The van der Waals surface area contributed by atoms with Crippen LogP contribution < -0.4 is 9.64 Å². The molecule has 1 aliphatic rings. The number of nitrogens with one attached hydrogen (secondary N) is 1. The van der Waals surface area contributed by atoms with Crippen LogP contribution in [0, 0.1) is 5.82 Å². The molecule has 8 heteroatoms. The third-order valence-electron chi connectivity index (χ3n) is 5.62. The van der Waals surface area contributed by atoms with Gasteiger partial charge in [-0.1, -0.05) is 12.1 Å². The zero-order chi connectivity index (χ0) is 21.2. The predicted octanol–water partition coefficient (Wildman–Crippen LogP) is 3.49. The summed E-state index contributed by atoms with van der Waals surface area (Å²) in [5, 5.41) is 0. The third kappa shape index (κ3) is 3.94. The normalized spacial score (nSPS) is 14.8. The number of anilines is 1. The van der Waals surface area contributed by atoms with E-state index in [1.54, 1.807) is 31.4 Å². The molecule has 1 N–H and O–H groups in total. The van der Waals surface area contributed by atoms with Gasteiger partial charge in [0.25, 0.3) is 0 Å². The highest BCUT2D eigenvalue weighted by molar-refractivity contribution is 5.74. The first-order chi connectivity index (χ1) is 15.2. The summed E-state index contributed by atoms with van der Waals surface area (Å²) in [4.78, 5) is 20.7. The summed E-state index contributed by atoms with van der Waals surface area (Å²) < 4.78 is 20.4. The second-order valence-corrected chi connectivity index (χ2v) is 7.55. The van der Waals surface area contributed by atoms with Gasteiger partial charge in [0, 0.05) is 31.7 Å². The summed E-state index contributed by atoms with van der Waals surface area (Å²) in [6, 6.07) is 15.2. The molecular weight excluding hydrogens is 395 g/mol. The third-order valence-corrected chi connectivity index (χ3v) is 5.62. The molecule has 31 heavy (non-hydrogen) atoms. The Bertz CT molecular complexity index is 1150. The standard InChI is InChI=1S/C23H23FN6O/c1-31-17-8-6-16(7-9-17)22-21(24)23(26-15-25-22)30-12-10-29(11-13-30)14-20-27-18-4-2-3-5-19(18)28-20/h2-9,15H,10-14H2,1H3,(H,27,28). The number of hydrogen-bond acceptors (Lipinski definition) is 6. The van der Waals surface area contributed by atoms with Crippen molar-refractivity contribution in [1.29, 1.82) is 0 Å². The van der Waals surface area contributed by atoms with Crippen molar-refractivity contribution in [3.05, 3.63) is 66.5 Å². The largest absolute Gasteiger partial charge is 0.497 e. The molecule has 0 spiro atoms. The van der Waals surface area contributed by atoms with Crippen LogP contribution in [0.3, 0.4) is 0 Å². The van der Waals surface area contributed by atoms with Gasteiger partial charge in [-0.2, -0.15) is 0 Å². The van der Waals surface area contributed by atoms with Crippen molar-refractivity contribution in [3.8, 4) is 17.0 Å². The zero-order valence-corrected chi connectivity index (χ0v) is 17.3. The molecule has 0 aliphatic carbocycles. The van der Waals surface area contributed by atoms with Crippen LogP contribution in [0.2, 0.25) is 0 Å². The van der Waals surface area contributed by atoms with Gasteiger partial charge in [0.15, 0.2) is 11.6 Å². The smallest absolute Gasteiger partial charge is 0.191 e. The molecule has 1 fully saturated rings. The Hall–Kier alpha value is -3.52. The SMILES string of the molecule is COc1ccc(-c2ncnc(N3CCN(Cc4nc5ccccc5[nH]4)CC3)c2F)cc1.